The van der Waals surface area contributed by atoms with Crippen molar-refractivity contribution >= 4 is 22.7 Å². The van der Waals surface area contributed by atoms with E-state index in [1.54, 1.807) is 19.1 Å². The van der Waals surface area contributed by atoms with Crippen LogP contribution in [-0.2, 0) is 11.2 Å². The Morgan fingerprint density at radius 1 is 1.25 bits per heavy atom. The van der Waals surface area contributed by atoms with Gasteiger partial charge in [0.05, 0.1) is 12.2 Å². The standard InChI is InChI=1S/C19H15NO4/c1-2-23-19(22)20-12-7-8-14-15-9-11-5-3-4-6-13(11)17(15)18(21)24-16(14)10-12/h3-8,10H,2,9H2,1H3,(H,20,22). The van der Waals surface area contributed by atoms with Crippen LogP contribution < -0.4 is 10.9 Å². The van der Waals surface area contributed by atoms with Crippen LogP contribution in [0.3, 0.4) is 0 Å². The average Bonchev–Trinajstić information content (AvgIpc) is 2.95. The fourth-order valence-electron chi connectivity index (χ4n) is 3.19. The van der Waals surface area contributed by atoms with E-state index in [1.165, 1.54) is 0 Å². The third-order valence-electron chi connectivity index (χ3n) is 4.19. The zero-order chi connectivity index (χ0) is 16.7. The van der Waals surface area contributed by atoms with Crippen molar-refractivity contribution in [3.05, 3.63) is 64.0 Å². The predicted molar refractivity (Wildman–Crippen MR) is 91.4 cm³/mol. The van der Waals surface area contributed by atoms with Crippen molar-refractivity contribution in [2.45, 2.75) is 13.3 Å². The lowest BCUT2D eigenvalue weighted by atomic mass is 10.0. The first-order valence-corrected chi connectivity index (χ1v) is 7.79. The van der Waals surface area contributed by atoms with Crippen molar-refractivity contribution in [1.82, 2.24) is 0 Å². The summed E-state index contributed by atoms with van der Waals surface area (Å²) in [6.07, 6.45) is 0.172. The largest absolute Gasteiger partial charge is 0.450 e. The third kappa shape index (κ3) is 2.25. The number of carbonyl (C=O) groups is 1. The van der Waals surface area contributed by atoms with Crippen molar-refractivity contribution in [2.24, 2.45) is 0 Å². The number of hydrogen-bond acceptors (Lipinski definition) is 4. The second-order valence-corrected chi connectivity index (χ2v) is 5.63. The molecule has 0 fully saturated rings. The van der Waals surface area contributed by atoms with E-state index >= 15 is 0 Å². The van der Waals surface area contributed by atoms with Crippen molar-refractivity contribution in [2.75, 3.05) is 11.9 Å². The highest BCUT2D eigenvalue weighted by Crippen LogP contribution is 2.38. The van der Waals surface area contributed by atoms with Crippen LogP contribution in [0.25, 0.3) is 22.1 Å². The Bertz CT molecular complexity index is 1020. The summed E-state index contributed by atoms with van der Waals surface area (Å²) in [5.74, 6) is 0. The predicted octanol–water partition coefficient (Wildman–Crippen LogP) is 3.93. The van der Waals surface area contributed by atoms with Gasteiger partial charge in [0.25, 0.3) is 0 Å². The van der Waals surface area contributed by atoms with Gasteiger partial charge in [0, 0.05) is 17.1 Å². The molecule has 4 rings (SSSR count). The number of anilines is 1. The van der Waals surface area contributed by atoms with E-state index in [9.17, 15) is 9.59 Å². The first-order chi connectivity index (χ1) is 11.7. The minimum Gasteiger partial charge on any atom is -0.450 e. The number of rotatable bonds is 2. The van der Waals surface area contributed by atoms with Crippen molar-refractivity contribution in [1.29, 1.82) is 0 Å². The molecule has 3 aromatic rings. The number of amides is 1. The molecule has 1 amide bonds. The molecule has 1 aliphatic carbocycles. The van der Waals surface area contributed by atoms with E-state index in [4.69, 9.17) is 9.15 Å². The summed E-state index contributed by atoms with van der Waals surface area (Å²) in [6.45, 7) is 2.03. The normalized spacial score (nSPS) is 11.9. The molecule has 24 heavy (non-hydrogen) atoms. The molecule has 0 atom stereocenters. The molecule has 2 aromatic carbocycles. The number of ether oxygens (including phenoxy) is 1. The summed E-state index contributed by atoms with van der Waals surface area (Å²) in [7, 11) is 0. The molecule has 0 saturated carbocycles. The number of nitrogens with one attached hydrogen (secondary N) is 1. The van der Waals surface area contributed by atoms with Crippen LogP contribution in [0.4, 0.5) is 10.5 Å². The van der Waals surface area contributed by atoms with Gasteiger partial charge in [0.1, 0.15) is 5.58 Å². The maximum absolute atomic E-state index is 12.4. The van der Waals surface area contributed by atoms with E-state index in [1.807, 2.05) is 30.3 Å². The maximum atomic E-state index is 12.4. The summed E-state index contributed by atoms with van der Waals surface area (Å²) in [4.78, 5) is 24.0. The van der Waals surface area contributed by atoms with Gasteiger partial charge in [-0.2, -0.15) is 0 Å². The molecule has 0 aliphatic heterocycles. The third-order valence-corrected chi connectivity index (χ3v) is 4.19. The summed E-state index contributed by atoms with van der Waals surface area (Å²) in [6, 6.07) is 13.2. The van der Waals surface area contributed by atoms with Crippen LogP contribution in [0.2, 0.25) is 0 Å². The lowest BCUT2D eigenvalue weighted by Gasteiger charge is -2.08. The molecule has 1 heterocycles. The van der Waals surface area contributed by atoms with Crippen LogP contribution in [0.5, 0.6) is 0 Å². The number of carbonyl (C=O) groups excluding carboxylic acids is 1. The van der Waals surface area contributed by atoms with E-state index in [-0.39, 0.29) is 5.63 Å². The van der Waals surface area contributed by atoms with Crippen molar-refractivity contribution in [3.63, 3.8) is 0 Å². The Labute approximate surface area is 137 Å². The minimum absolute atomic E-state index is 0.292. The Kier molecular flexibility index (Phi) is 3.34. The molecule has 5 nitrogen and oxygen atoms in total. The molecular formula is C19H15NO4. The molecule has 1 aliphatic rings. The number of benzene rings is 2. The minimum atomic E-state index is -0.534. The topological polar surface area (TPSA) is 68.5 Å². The second kappa shape index (κ2) is 5.53. The Hall–Kier alpha value is -3.08. The second-order valence-electron chi connectivity index (χ2n) is 5.63. The van der Waals surface area contributed by atoms with Crippen LogP contribution in [-0.4, -0.2) is 12.7 Å². The van der Waals surface area contributed by atoms with E-state index in [0.717, 1.165) is 22.1 Å². The van der Waals surface area contributed by atoms with Crippen LogP contribution in [0, 0.1) is 0 Å². The zero-order valence-corrected chi connectivity index (χ0v) is 13.1. The fraction of sp³-hybridized carbons (Fsp3) is 0.158. The van der Waals surface area contributed by atoms with Gasteiger partial charge in [-0.15, -0.1) is 0 Å². The van der Waals surface area contributed by atoms with Gasteiger partial charge in [-0.05, 0) is 42.2 Å². The van der Waals surface area contributed by atoms with Crippen LogP contribution in [0.15, 0.2) is 51.7 Å². The summed E-state index contributed by atoms with van der Waals surface area (Å²) >= 11 is 0. The molecule has 0 bridgehead atoms. The van der Waals surface area contributed by atoms with Crippen LogP contribution in [0.1, 0.15) is 18.1 Å². The molecule has 1 aromatic heterocycles. The Balaban J connectivity index is 1.82. The van der Waals surface area contributed by atoms with Gasteiger partial charge >= 0.3 is 11.7 Å². The van der Waals surface area contributed by atoms with Gasteiger partial charge in [-0.3, -0.25) is 5.32 Å². The molecule has 5 heteroatoms. The molecule has 120 valence electrons. The van der Waals surface area contributed by atoms with Crippen molar-refractivity contribution < 1.29 is 13.9 Å². The average molecular weight is 321 g/mol. The lowest BCUT2D eigenvalue weighted by molar-refractivity contribution is 0.168. The first kappa shape index (κ1) is 14.5. The monoisotopic (exact) mass is 321 g/mol. The fourth-order valence-corrected chi connectivity index (χ4v) is 3.19. The quantitative estimate of drug-likeness (QED) is 0.568. The van der Waals surface area contributed by atoms with Gasteiger partial charge < -0.3 is 9.15 Å². The highest BCUT2D eigenvalue weighted by Gasteiger charge is 2.24. The smallest absolute Gasteiger partial charge is 0.411 e. The summed E-state index contributed by atoms with van der Waals surface area (Å²) in [5, 5.41) is 3.50. The first-order valence-electron chi connectivity index (χ1n) is 7.79. The van der Waals surface area contributed by atoms with E-state index in [2.05, 4.69) is 5.32 Å². The Morgan fingerprint density at radius 3 is 2.92 bits per heavy atom. The molecular weight excluding hydrogens is 306 g/mol. The molecule has 1 N–H and O–H groups in total. The van der Waals surface area contributed by atoms with Gasteiger partial charge in [-0.25, -0.2) is 9.59 Å². The number of hydrogen-bond donors (Lipinski definition) is 1. The van der Waals surface area contributed by atoms with Gasteiger partial charge in [0.2, 0.25) is 0 Å². The van der Waals surface area contributed by atoms with Crippen molar-refractivity contribution in [3.8, 4) is 11.1 Å². The number of fused-ring (bicyclic) bond motifs is 5. The van der Waals surface area contributed by atoms with E-state index in [0.29, 0.717) is 29.9 Å². The molecule has 0 radical (unpaired) electrons. The summed E-state index contributed by atoms with van der Waals surface area (Å²) in [5.41, 5.74) is 4.32. The lowest BCUT2D eigenvalue weighted by Crippen LogP contribution is -2.13. The van der Waals surface area contributed by atoms with Gasteiger partial charge in [-0.1, -0.05) is 24.3 Å². The zero-order valence-electron chi connectivity index (χ0n) is 13.1. The highest BCUT2D eigenvalue weighted by molar-refractivity contribution is 5.94. The van der Waals surface area contributed by atoms with Gasteiger partial charge in [0.15, 0.2) is 0 Å². The molecule has 0 spiro atoms. The SMILES string of the molecule is CCOC(=O)Nc1ccc2c3c(c(=O)oc2c1)-c1ccccc1C3. The molecule has 0 saturated heterocycles. The summed E-state index contributed by atoms with van der Waals surface area (Å²) < 4.78 is 10.4. The highest BCUT2D eigenvalue weighted by atomic mass is 16.5. The van der Waals surface area contributed by atoms with Crippen LogP contribution >= 0.6 is 0 Å². The maximum Gasteiger partial charge on any atom is 0.411 e. The molecule has 0 unspecified atom stereocenters. The van der Waals surface area contributed by atoms with E-state index < -0.39 is 6.09 Å². The Morgan fingerprint density at radius 2 is 2.08 bits per heavy atom.